The number of nitrogens with zero attached hydrogens (tertiary/aromatic N) is 1. The van der Waals surface area contributed by atoms with E-state index >= 15 is 0 Å². The third-order valence-corrected chi connectivity index (χ3v) is 7.90. The number of thiazole rings is 1. The van der Waals surface area contributed by atoms with Gasteiger partial charge < -0.3 is 4.74 Å². The van der Waals surface area contributed by atoms with Crippen LogP contribution in [0.25, 0.3) is 0 Å². The summed E-state index contributed by atoms with van der Waals surface area (Å²) in [6.45, 7) is 9.37. The Morgan fingerprint density at radius 1 is 1.00 bits per heavy atom. The lowest BCUT2D eigenvalue weighted by atomic mass is 9.69. The van der Waals surface area contributed by atoms with Crippen LogP contribution in [0.4, 0.5) is 0 Å². The van der Waals surface area contributed by atoms with Gasteiger partial charge in [-0.25, -0.2) is 9.78 Å². The molecule has 138 valence electrons. The number of hydrogen-bond donors (Lipinski definition) is 0. The van der Waals surface area contributed by atoms with Crippen molar-refractivity contribution < 1.29 is 9.53 Å². The highest BCUT2D eigenvalue weighted by atomic mass is 32.1. The van der Waals surface area contributed by atoms with Crippen molar-refractivity contribution in [3.63, 3.8) is 0 Å². The van der Waals surface area contributed by atoms with Gasteiger partial charge >= 0.3 is 5.97 Å². The normalized spacial score (nSPS) is 21.7. The molecule has 3 nitrogen and oxygen atoms in total. The molecule has 1 heterocycles. The Labute approximate surface area is 159 Å². The van der Waals surface area contributed by atoms with Gasteiger partial charge in [0.25, 0.3) is 0 Å². The third-order valence-electron chi connectivity index (χ3n) is 6.28. The number of fused-ring (bicyclic) bond motifs is 1. The van der Waals surface area contributed by atoms with Gasteiger partial charge in [-0.3, -0.25) is 0 Å². The molecule has 0 aliphatic heterocycles. The van der Waals surface area contributed by atoms with Gasteiger partial charge in [-0.15, -0.1) is 11.3 Å². The predicted octanol–water partition coefficient (Wildman–Crippen LogP) is 5.36. The quantitative estimate of drug-likeness (QED) is 0.684. The van der Waals surface area contributed by atoms with Crippen LogP contribution in [-0.2, 0) is 21.0 Å². The average molecular weight is 370 g/mol. The highest BCUT2D eigenvalue weighted by Crippen LogP contribution is 2.58. The Bertz CT molecular complexity index is 823. The molecule has 1 aromatic heterocycles. The first-order valence-corrected chi connectivity index (χ1v) is 10.2. The summed E-state index contributed by atoms with van der Waals surface area (Å²) < 4.78 is 4.81. The van der Waals surface area contributed by atoms with E-state index in [-0.39, 0.29) is 22.2 Å². The van der Waals surface area contributed by atoms with Gasteiger partial charge in [0.1, 0.15) is 5.01 Å². The number of carbonyl (C=O) groups is 1. The van der Waals surface area contributed by atoms with Crippen molar-refractivity contribution in [2.24, 2.45) is 0 Å². The molecular formula is C22H27NO2S. The van der Waals surface area contributed by atoms with Gasteiger partial charge in [-0.2, -0.15) is 0 Å². The second kappa shape index (κ2) is 5.66. The van der Waals surface area contributed by atoms with Crippen LogP contribution in [0.3, 0.4) is 0 Å². The molecule has 0 saturated heterocycles. The fraction of sp³-hybridized carbons (Fsp3) is 0.545. The van der Waals surface area contributed by atoms with E-state index in [0.717, 1.165) is 12.8 Å². The molecule has 26 heavy (non-hydrogen) atoms. The number of benzene rings is 1. The average Bonchev–Trinajstić information content (AvgIpc) is 3.28. The van der Waals surface area contributed by atoms with Gasteiger partial charge in [0.2, 0.25) is 0 Å². The lowest BCUT2D eigenvalue weighted by Gasteiger charge is -2.37. The molecule has 0 radical (unpaired) electrons. The molecule has 0 bridgehead atoms. The fourth-order valence-corrected chi connectivity index (χ4v) is 5.74. The highest BCUT2D eigenvalue weighted by Gasteiger charge is 2.51. The van der Waals surface area contributed by atoms with E-state index in [9.17, 15) is 4.79 Å². The number of hydrogen-bond acceptors (Lipinski definition) is 4. The van der Waals surface area contributed by atoms with Crippen LogP contribution < -0.4 is 0 Å². The lowest BCUT2D eigenvalue weighted by Crippen LogP contribution is -2.32. The number of carbonyl (C=O) groups excluding carboxylic acids is 1. The summed E-state index contributed by atoms with van der Waals surface area (Å²) in [5.41, 5.74) is 3.60. The van der Waals surface area contributed by atoms with Crippen LogP contribution in [0, 0.1) is 0 Å². The predicted molar refractivity (Wildman–Crippen MR) is 105 cm³/mol. The number of rotatable bonds is 3. The van der Waals surface area contributed by atoms with Crippen molar-refractivity contribution in [1.82, 2.24) is 4.98 Å². The zero-order valence-electron chi connectivity index (χ0n) is 16.3. The molecule has 4 heteroatoms. The monoisotopic (exact) mass is 369 g/mol. The third kappa shape index (κ3) is 2.61. The smallest absolute Gasteiger partial charge is 0.337 e. The highest BCUT2D eigenvalue weighted by molar-refractivity contribution is 7.12. The first kappa shape index (κ1) is 17.7. The Balaban J connectivity index is 1.74. The van der Waals surface area contributed by atoms with Gasteiger partial charge in [0.05, 0.1) is 18.4 Å². The maximum atomic E-state index is 11.7. The molecule has 1 saturated carbocycles. The molecule has 2 aliphatic rings. The van der Waals surface area contributed by atoms with E-state index in [0.29, 0.717) is 5.56 Å². The number of aromatic nitrogens is 1. The molecule has 1 fully saturated rings. The fourth-order valence-electron chi connectivity index (χ4n) is 4.09. The minimum atomic E-state index is -0.283. The topological polar surface area (TPSA) is 39.2 Å². The number of ether oxygens (including phenoxy) is 1. The second-order valence-corrected chi connectivity index (χ2v) is 10.1. The summed E-state index contributed by atoms with van der Waals surface area (Å²) >= 11 is 1.92. The van der Waals surface area contributed by atoms with Gasteiger partial charge in [0, 0.05) is 21.1 Å². The van der Waals surface area contributed by atoms with Crippen molar-refractivity contribution >= 4 is 17.3 Å². The van der Waals surface area contributed by atoms with Crippen LogP contribution >= 0.6 is 11.3 Å². The van der Waals surface area contributed by atoms with Crippen molar-refractivity contribution in [2.45, 2.75) is 69.6 Å². The van der Waals surface area contributed by atoms with Crippen LogP contribution in [0.2, 0.25) is 0 Å². The SMILES string of the molecule is COC(=O)c1ccc(C2(c3nc4c(s3)C(C)(C)CCC4(C)C)CC2)cc1. The van der Waals surface area contributed by atoms with E-state index < -0.39 is 0 Å². The molecule has 0 amide bonds. The molecule has 0 N–H and O–H groups in total. The molecule has 1 aromatic carbocycles. The Morgan fingerprint density at radius 2 is 1.62 bits per heavy atom. The molecule has 2 aromatic rings. The van der Waals surface area contributed by atoms with Gasteiger partial charge in [0.15, 0.2) is 0 Å². The summed E-state index contributed by atoms with van der Waals surface area (Å²) in [5, 5.41) is 1.26. The first-order valence-electron chi connectivity index (χ1n) is 9.41. The molecule has 0 atom stereocenters. The van der Waals surface area contributed by atoms with Gasteiger partial charge in [-0.05, 0) is 43.4 Å². The molecular weight excluding hydrogens is 342 g/mol. The van der Waals surface area contributed by atoms with Gasteiger partial charge in [-0.1, -0.05) is 39.8 Å². The summed E-state index contributed by atoms with van der Waals surface area (Å²) in [4.78, 5) is 18.4. The number of methoxy groups -OCH3 is 1. The van der Waals surface area contributed by atoms with Crippen LogP contribution in [0.5, 0.6) is 0 Å². The minimum absolute atomic E-state index is 0.0445. The molecule has 0 spiro atoms. The Hall–Kier alpha value is -1.68. The standard InChI is InChI=1S/C22H27NO2S/c1-20(2)10-11-21(3,4)17-16(20)23-19(26-17)22(12-13-22)15-8-6-14(7-9-15)18(24)25-5/h6-9H,10-13H2,1-5H3. The minimum Gasteiger partial charge on any atom is -0.465 e. The van der Waals surface area contributed by atoms with E-state index in [4.69, 9.17) is 9.72 Å². The first-order chi connectivity index (χ1) is 12.2. The van der Waals surface area contributed by atoms with E-state index in [1.165, 1.54) is 41.1 Å². The lowest BCUT2D eigenvalue weighted by molar-refractivity contribution is 0.0600. The van der Waals surface area contributed by atoms with E-state index in [1.54, 1.807) is 0 Å². The summed E-state index contributed by atoms with van der Waals surface area (Å²) in [7, 11) is 1.42. The summed E-state index contributed by atoms with van der Waals surface area (Å²) in [6.07, 6.45) is 4.68. The largest absolute Gasteiger partial charge is 0.465 e. The van der Waals surface area contributed by atoms with Crippen molar-refractivity contribution in [1.29, 1.82) is 0 Å². The van der Waals surface area contributed by atoms with Crippen LogP contribution in [-0.4, -0.2) is 18.1 Å². The van der Waals surface area contributed by atoms with Crippen molar-refractivity contribution in [3.8, 4) is 0 Å². The van der Waals surface area contributed by atoms with Crippen LogP contribution in [0.1, 0.15) is 84.9 Å². The Kier molecular flexibility index (Phi) is 3.85. The van der Waals surface area contributed by atoms with E-state index in [2.05, 4.69) is 39.8 Å². The molecule has 4 rings (SSSR count). The molecule has 0 unspecified atom stereocenters. The molecule has 2 aliphatic carbocycles. The second-order valence-electron chi connectivity index (χ2n) is 9.12. The van der Waals surface area contributed by atoms with Crippen LogP contribution in [0.15, 0.2) is 24.3 Å². The zero-order valence-corrected chi connectivity index (χ0v) is 17.1. The van der Waals surface area contributed by atoms with Crippen molar-refractivity contribution in [2.75, 3.05) is 7.11 Å². The summed E-state index contributed by atoms with van der Waals surface area (Å²) in [5.74, 6) is -0.283. The van der Waals surface area contributed by atoms with E-state index in [1.807, 2.05) is 23.5 Å². The summed E-state index contributed by atoms with van der Waals surface area (Å²) in [6, 6.07) is 7.91. The zero-order chi connectivity index (χ0) is 18.7. The maximum absolute atomic E-state index is 11.7. The maximum Gasteiger partial charge on any atom is 0.337 e. The van der Waals surface area contributed by atoms with Crippen molar-refractivity contribution in [3.05, 3.63) is 51.0 Å². The number of esters is 1. The Morgan fingerprint density at radius 3 is 2.15 bits per heavy atom.